The summed E-state index contributed by atoms with van der Waals surface area (Å²) in [4.78, 5) is 51.8. The lowest BCUT2D eigenvalue weighted by Crippen LogP contribution is -2.56. The number of ether oxygens (including phenoxy) is 1. The number of nitrogens with one attached hydrogen (secondary N) is 2. The number of piperidine rings is 1. The summed E-state index contributed by atoms with van der Waals surface area (Å²) in [5.41, 5.74) is 0.988. The highest BCUT2D eigenvalue weighted by molar-refractivity contribution is 6.30. The van der Waals surface area contributed by atoms with Crippen molar-refractivity contribution in [3.8, 4) is 0 Å². The third-order valence-electron chi connectivity index (χ3n) is 6.29. The van der Waals surface area contributed by atoms with E-state index >= 15 is 0 Å². The van der Waals surface area contributed by atoms with Gasteiger partial charge >= 0.3 is 12.2 Å². The van der Waals surface area contributed by atoms with Crippen molar-refractivity contribution >= 4 is 47.0 Å². The molecule has 1 saturated heterocycles. The molecule has 4 amide bonds. The first-order valence-corrected chi connectivity index (χ1v) is 11.4. The molecule has 10 nitrogen and oxygen atoms in total. The molecular formula is C24H25ClN4O6. The fourth-order valence-corrected chi connectivity index (χ4v) is 4.62. The summed E-state index contributed by atoms with van der Waals surface area (Å²) < 4.78 is 5.72. The highest BCUT2D eigenvalue weighted by atomic mass is 35.5. The molecule has 184 valence electrons. The van der Waals surface area contributed by atoms with E-state index in [1.165, 1.54) is 31.3 Å². The van der Waals surface area contributed by atoms with Crippen LogP contribution in [0.5, 0.6) is 0 Å². The van der Waals surface area contributed by atoms with Crippen LogP contribution >= 0.6 is 11.6 Å². The number of anilines is 2. The first-order valence-electron chi connectivity index (χ1n) is 11.1. The summed E-state index contributed by atoms with van der Waals surface area (Å²) in [5.74, 6) is -0.773. The number of rotatable bonds is 4. The number of fused-ring (bicyclic) bond motifs is 2. The molecule has 0 bridgehead atoms. The van der Waals surface area contributed by atoms with E-state index in [1.807, 2.05) is 0 Å². The summed E-state index contributed by atoms with van der Waals surface area (Å²) >= 11 is 6.19. The molecule has 1 spiro atoms. The van der Waals surface area contributed by atoms with Crippen molar-refractivity contribution in [1.82, 2.24) is 10.2 Å². The Morgan fingerprint density at radius 2 is 1.94 bits per heavy atom. The highest BCUT2D eigenvalue weighted by Gasteiger charge is 2.46. The van der Waals surface area contributed by atoms with E-state index in [1.54, 1.807) is 30.0 Å². The van der Waals surface area contributed by atoms with Crippen molar-refractivity contribution in [2.45, 2.75) is 31.4 Å². The molecule has 1 fully saturated rings. The van der Waals surface area contributed by atoms with Gasteiger partial charge < -0.3 is 20.1 Å². The van der Waals surface area contributed by atoms with Crippen LogP contribution in [-0.2, 0) is 15.1 Å². The van der Waals surface area contributed by atoms with Crippen LogP contribution in [0.3, 0.4) is 0 Å². The van der Waals surface area contributed by atoms with Crippen LogP contribution in [0, 0.1) is 0 Å². The van der Waals surface area contributed by atoms with Gasteiger partial charge in [0, 0.05) is 35.4 Å². The molecule has 2 aromatic rings. The second-order valence-electron chi connectivity index (χ2n) is 8.65. The number of hydrogen-bond donors (Lipinski definition) is 3. The topological polar surface area (TPSA) is 128 Å². The molecule has 35 heavy (non-hydrogen) atoms. The number of likely N-dealkylation sites (tertiary alicyclic amines) is 1. The summed E-state index contributed by atoms with van der Waals surface area (Å²) in [5, 5.41) is 14.9. The zero-order chi connectivity index (χ0) is 25.3. The first-order chi connectivity index (χ1) is 16.6. The molecule has 2 atom stereocenters. The van der Waals surface area contributed by atoms with Crippen molar-refractivity contribution in [2.75, 3.05) is 30.4 Å². The van der Waals surface area contributed by atoms with Gasteiger partial charge in [0.1, 0.15) is 6.04 Å². The third kappa shape index (κ3) is 4.88. The minimum absolute atomic E-state index is 0.142. The zero-order valence-corrected chi connectivity index (χ0v) is 20.0. The van der Waals surface area contributed by atoms with Crippen LogP contribution in [0.15, 0.2) is 42.5 Å². The largest absolute Gasteiger partial charge is 0.465 e. The van der Waals surface area contributed by atoms with Crippen LogP contribution < -0.4 is 15.5 Å². The Balaban J connectivity index is 1.46. The lowest BCUT2D eigenvalue weighted by molar-refractivity contribution is -0.140. The maximum atomic E-state index is 13.2. The number of amides is 4. The molecule has 3 N–H and O–H groups in total. The van der Waals surface area contributed by atoms with Crippen LogP contribution in [0.2, 0.25) is 5.02 Å². The van der Waals surface area contributed by atoms with Crippen LogP contribution in [0.25, 0.3) is 0 Å². The Kier molecular flexibility index (Phi) is 6.58. The molecule has 2 aliphatic rings. The van der Waals surface area contributed by atoms with Gasteiger partial charge in [0.15, 0.2) is 5.60 Å². The molecule has 2 aromatic carbocycles. The normalized spacial score (nSPS) is 19.7. The van der Waals surface area contributed by atoms with E-state index in [2.05, 4.69) is 10.6 Å². The molecule has 11 heteroatoms. The number of carbonyl (C=O) groups is 4. The van der Waals surface area contributed by atoms with Gasteiger partial charge in [-0.05, 0) is 62.2 Å². The van der Waals surface area contributed by atoms with Crippen molar-refractivity contribution in [1.29, 1.82) is 0 Å². The van der Waals surface area contributed by atoms with Gasteiger partial charge in [0.25, 0.3) is 5.91 Å². The first kappa shape index (κ1) is 24.3. The van der Waals surface area contributed by atoms with E-state index in [0.717, 1.165) is 4.90 Å². The number of carboxylic acid groups (broad SMARTS) is 1. The molecule has 0 aromatic heterocycles. The Morgan fingerprint density at radius 3 is 2.63 bits per heavy atom. The van der Waals surface area contributed by atoms with Crippen LogP contribution in [-0.4, -0.2) is 60.2 Å². The average molecular weight is 501 g/mol. The zero-order valence-electron chi connectivity index (χ0n) is 19.2. The van der Waals surface area contributed by atoms with E-state index in [4.69, 9.17) is 21.4 Å². The van der Waals surface area contributed by atoms with Gasteiger partial charge in [0.2, 0.25) is 5.91 Å². The van der Waals surface area contributed by atoms with E-state index in [-0.39, 0.29) is 18.0 Å². The van der Waals surface area contributed by atoms with Gasteiger partial charge in [-0.15, -0.1) is 0 Å². The summed E-state index contributed by atoms with van der Waals surface area (Å²) in [7, 11) is 1.40. The fourth-order valence-electron chi connectivity index (χ4n) is 4.45. The minimum atomic E-state index is -1.12. The third-order valence-corrected chi connectivity index (χ3v) is 6.52. The van der Waals surface area contributed by atoms with Gasteiger partial charge in [-0.3, -0.25) is 19.8 Å². The molecule has 2 heterocycles. The molecular weight excluding hydrogens is 476 g/mol. The van der Waals surface area contributed by atoms with Gasteiger partial charge in [0.05, 0.1) is 12.2 Å². The summed E-state index contributed by atoms with van der Waals surface area (Å²) in [6.07, 6.45) is -0.572. The molecule has 0 unspecified atom stereocenters. The number of carbonyl (C=O) groups excluding carboxylic acids is 3. The number of hydrogen-bond acceptors (Lipinski definition) is 5. The number of halogens is 1. The molecule has 0 aliphatic carbocycles. The SMILES string of the molecule is C[C@H](NC(=O)c1ccc(N(C)C(=O)O)cc1)C(=O)N1CCC[C@@]2(C1)OC(=O)Nc1ccc(Cl)cc12. The monoisotopic (exact) mass is 500 g/mol. The second kappa shape index (κ2) is 9.46. The van der Waals surface area contributed by atoms with Gasteiger partial charge in [-0.25, -0.2) is 9.59 Å². The lowest BCUT2D eigenvalue weighted by atomic mass is 9.83. The number of benzene rings is 2. The van der Waals surface area contributed by atoms with Crippen molar-refractivity contribution in [3.63, 3.8) is 0 Å². The lowest BCUT2D eigenvalue weighted by Gasteiger charge is -2.45. The maximum Gasteiger partial charge on any atom is 0.412 e. The quantitative estimate of drug-likeness (QED) is 0.587. The molecule has 0 radical (unpaired) electrons. The molecule has 4 rings (SSSR count). The van der Waals surface area contributed by atoms with Crippen molar-refractivity contribution < 1.29 is 29.0 Å². The second-order valence-corrected chi connectivity index (χ2v) is 9.08. The van der Waals surface area contributed by atoms with E-state index in [0.29, 0.717) is 41.3 Å². The Hall–Kier alpha value is -3.79. The standard InChI is InChI=1S/C24H25ClN4O6/c1-14(26-20(30)15-4-7-17(8-5-15)28(2)23(33)34)21(31)29-11-3-10-24(13-29)18-12-16(25)6-9-19(18)27-22(32)35-24/h4-9,12,14H,3,10-11,13H2,1-2H3,(H,26,30)(H,27,32)(H,33,34)/t14-,24-/m0/s1. The predicted molar refractivity (Wildman–Crippen MR) is 129 cm³/mol. The van der Waals surface area contributed by atoms with E-state index < -0.39 is 29.7 Å². The smallest absolute Gasteiger partial charge is 0.412 e. The highest BCUT2D eigenvalue weighted by Crippen LogP contribution is 2.43. The fraction of sp³-hybridized carbons (Fsp3) is 0.333. The van der Waals surface area contributed by atoms with Crippen molar-refractivity contribution in [3.05, 3.63) is 58.6 Å². The molecule has 2 aliphatic heterocycles. The van der Waals surface area contributed by atoms with Crippen molar-refractivity contribution in [2.24, 2.45) is 0 Å². The average Bonchev–Trinajstić information content (AvgIpc) is 2.83. The van der Waals surface area contributed by atoms with Gasteiger partial charge in [-0.2, -0.15) is 0 Å². The summed E-state index contributed by atoms with van der Waals surface area (Å²) in [6, 6.07) is 10.3. The summed E-state index contributed by atoms with van der Waals surface area (Å²) in [6.45, 7) is 2.19. The Bertz CT molecular complexity index is 1190. The predicted octanol–water partition coefficient (Wildman–Crippen LogP) is 3.65. The minimum Gasteiger partial charge on any atom is -0.465 e. The Morgan fingerprint density at radius 1 is 1.23 bits per heavy atom. The maximum absolute atomic E-state index is 13.2. The van der Waals surface area contributed by atoms with Crippen LogP contribution in [0.4, 0.5) is 21.0 Å². The Labute approximate surface area is 206 Å². The molecule has 0 saturated carbocycles. The van der Waals surface area contributed by atoms with Crippen LogP contribution in [0.1, 0.15) is 35.7 Å². The van der Waals surface area contributed by atoms with Gasteiger partial charge in [-0.1, -0.05) is 11.6 Å². The van der Waals surface area contributed by atoms with E-state index in [9.17, 15) is 19.2 Å². The number of nitrogens with zero attached hydrogens (tertiary/aromatic N) is 2.